The average molecular weight is 498 g/mol. The fourth-order valence-corrected chi connectivity index (χ4v) is 4.58. The molecule has 0 aliphatic carbocycles. The maximum Gasteiger partial charge on any atom is 0.254 e. The van der Waals surface area contributed by atoms with Crippen LogP contribution >= 0.6 is 0 Å². The third kappa shape index (κ3) is 5.52. The second-order valence-corrected chi connectivity index (χ2v) is 9.06. The molecular weight excluding hydrogens is 466 g/mol. The van der Waals surface area contributed by atoms with Gasteiger partial charge in [-0.25, -0.2) is 4.68 Å². The zero-order chi connectivity index (χ0) is 25.6. The van der Waals surface area contributed by atoms with Gasteiger partial charge in [0.15, 0.2) is 11.5 Å². The number of carbonyl (C=O) groups is 1. The average Bonchev–Trinajstić information content (AvgIpc) is 3.57. The number of aromatic nitrogens is 2. The van der Waals surface area contributed by atoms with Crippen LogP contribution in [0, 0.1) is 6.92 Å². The summed E-state index contributed by atoms with van der Waals surface area (Å²) in [4.78, 5) is 15.5. The van der Waals surface area contributed by atoms with Crippen LogP contribution in [0.5, 0.6) is 17.4 Å². The highest BCUT2D eigenvalue weighted by atomic mass is 16.5. The molecule has 0 saturated carbocycles. The number of amides is 1. The van der Waals surface area contributed by atoms with E-state index in [-0.39, 0.29) is 12.0 Å². The minimum Gasteiger partial charge on any atom is -0.493 e. The van der Waals surface area contributed by atoms with E-state index < -0.39 is 0 Å². The van der Waals surface area contributed by atoms with Crippen molar-refractivity contribution in [2.75, 3.05) is 20.3 Å². The van der Waals surface area contributed by atoms with Crippen molar-refractivity contribution in [1.29, 1.82) is 0 Å². The number of benzene rings is 3. The Morgan fingerprint density at radius 1 is 1.00 bits per heavy atom. The Morgan fingerprint density at radius 3 is 2.35 bits per heavy atom. The number of hydrogen-bond donors (Lipinski definition) is 0. The van der Waals surface area contributed by atoms with Crippen LogP contribution in [0.4, 0.5) is 0 Å². The third-order valence-electron chi connectivity index (χ3n) is 6.52. The molecule has 0 N–H and O–H groups in total. The van der Waals surface area contributed by atoms with Crippen molar-refractivity contribution in [3.63, 3.8) is 0 Å². The number of aryl methyl sites for hydroxylation is 1. The van der Waals surface area contributed by atoms with Gasteiger partial charge in [0.2, 0.25) is 5.88 Å². The molecule has 1 fully saturated rings. The van der Waals surface area contributed by atoms with Gasteiger partial charge in [-0.15, -0.1) is 0 Å². The highest BCUT2D eigenvalue weighted by Gasteiger charge is 2.28. The summed E-state index contributed by atoms with van der Waals surface area (Å²) in [5, 5.41) is 4.83. The lowest BCUT2D eigenvalue weighted by Gasteiger charge is -2.26. The van der Waals surface area contributed by atoms with Crippen LogP contribution < -0.4 is 9.47 Å². The lowest BCUT2D eigenvalue weighted by molar-refractivity contribution is 0.0505. The molecule has 5 rings (SSSR count). The van der Waals surface area contributed by atoms with Crippen molar-refractivity contribution >= 4 is 5.91 Å². The number of rotatable bonds is 9. The Labute approximate surface area is 217 Å². The number of carbonyl (C=O) groups excluding carboxylic acids is 1. The normalized spacial score (nSPS) is 14.9. The minimum atomic E-state index is -0.0498. The van der Waals surface area contributed by atoms with Gasteiger partial charge in [-0.2, -0.15) is 5.10 Å². The molecule has 1 saturated heterocycles. The first kappa shape index (κ1) is 24.6. The molecule has 7 heteroatoms. The lowest BCUT2D eigenvalue weighted by atomic mass is 10.1. The van der Waals surface area contributed by atoms with Crippen LogP contribution in [-0.4, -0.2) is 47.0 Å². The first-order chi connectivity index (χ1) is 18.1. The van der Waals surface area contributed by atoms with Crippen LogP contribution in [0.25, 0.3) is 5.69 Å². The molecule has 4 aromatic rings. The van der Waals surface area contributed by atoms with Crippen molar-refractivity contribution in [3.05, 3.63) is 102 Å². The predicted octanol–water partition coefficient (Wildman–Crippen LogP) is 5.80. The van der Waals surface area contributed by atoms with Crippen LogP contribution in [0.15, 0.2) is 84.9 Å². The van der Waals surface area contributed by atoms with E-state index in [0.29, 0.717) is 36.0 Å². The monoisotopic (exact) mass is 497 g/mol. The fraction of sp³-hybridized carbons (Fsp3) is 0.267. The van der Waals surface area contributed by atoms with Gasteiger partial charge in [-0.3, -0.25) is 4.79 Å². The summed E-state index contributed by atoms with van der Waals surface area (Å²) in [6.45, 7) is 3.50. The number of methoxy groups -OCH3 is 1. The molecule has 1 aliphatic heterocycles. The summed E-state index contributed by atoms with van der Waals surface area (Å²) in [7, 11) is 1.62. The van der Waals surface area contributed by atoms with Gasteiger partial charge in [0.05, 0.1) is 36.7 Å². The summed E-state index contributed by atoms with van der Waals surface area (Å²) >= 11 is 0. The molecule has 0 bridgehead atoms. The first-order valence-electron chi connectivity index (χ1n) is 12.5. The summed E-state index contributed by atoms with van der Waals surface area (Å²) in [6.07, 6.45) is 1.95. The van der Waals surface area contributed by atoms with Gasteiger partial charge in [-0.1, -0.05) is 48.5 Å². The topological polar surface area (TPSA) is 65.8 Å². The SMILES string of the molecule is COc1ccccc1Oc1c(CN(CC2CCCO2)C(=O)c2ccccc2)c(C)nn1-c1ccccc1. The fourth-order valence-electron chi connectivity index (χ4n) is 4.58. The molecular formula is C30H31N3O4. The minimum absolute atomic E-state index is 0.00993. The van der Waals surface area contributed by atoms with E-state index in [1.807, 2.05) is 96.8 Å². The molecule has 1 aliphatic rings. The van der Waals surface area contributed by atoms with Crippen LogP contribution in [0.3, 0.4) is 0 Å². The van der Waals surface area contributed by atoms with Crippen LogP contribution in [0.1, 0.15) is 34.5 Å². The van der Waals surface area contributed by atoms with Crippen molar-refractivity contribution < 1.29 is 19.0 Å². The van der Waals surface area contributed by atoms with Gasteiger partial charge >= 0.3 is 0 Å². The molecule has 2 heterocycles. The molecule has 1 atom stereocenters. The van der Waals surface area contributed by atoms with Crippen molar-refractivity contribution in [1.82, 2.24) is 14.7 Å². The van der Waals surface area contributed by atoms with Gasteiger partial charge < -0.3 is 19.1 Å². The summed E-state index contributed by atoms with van der Waals surface area (Å²) in [6, 6.07) is 26.7. The van der Waals surface area contributed by atoms with E-state index >= 15 is 0 Å². The van der Waals surface area contributed by atoms with Gasteiger partial charge in [0.25, 0.3) is 5.91 Å². The standard InChI is InChI=1S/C30H31N3O4/c1-22-26(21-32(20-25-16-11-19-36-25)29(34)23-12-5-3-6-13-23)30(33(31-22)24-14-7-4-8-15-24)37-28-18-10-9-17-27(28)35-2/h3-10,12-15,17-18,25H,11,16,19-21H2,1-2H3. The predicted molar refractivity (Wildman–Crippen MR) is 142 cm³/mol. The van der Waals surface area contributed by atoms with Gasteiger partial charge in [0.1, 0.15) is 0 Å². The smallest absolute Gasteiger partial charge is 0.254 e. The van der Waals surface area contributed by atoms with E-state index in [2.05, 4.69) is 0 Å². The Bertz CT molecular complexity index is 1330. The Hall–Kier alpha value is -4.10. The number of ether oxygens (including phenoxy) is 3. The van der Waals surface area contributed by atoms with Crippen molar-refractivity contribution in [2.24, 2.45) is 0 Å². The van der Waals surface area contributed by atoms with Crippen molar-refractivity contribution in [3.8, 4) is 23.1 Å². The molecule has 1 aromatic heterocycles. The van der Waals surface area contributed by atoms with E-state index in [0.717, 1.165) is 36.4 Å². The zero-order valence-electron chi connectivity index (χ0n) is 21.2. The molecule has 1 unspecified atom stereocenters. The summed E-state index contributed by atoms with van der Waals surface area (Å²) in [5.74, 6) is 1.68. The highest BCUT2D eigenvalue weighted by Crippen LogP contribution is 2.36. The molecule has 0 radical (unpaired) electrons. The molecule has 7 nitrogen and oxygen atoms in total. The highest BCUT2D eigenvalue weighted by molar-refractivity contribution is 5.94. The van der Waals surface area contributed by atoms with Crippen LogP contribution in [0.2, 0.25) is 0 Å². The Morgan fingerprint density at radius 2 is 1.68 bits per heavy atom. The second kappa shape index (κ2) is 11.3. The Balaban J connectivity index is 1.56. The molecule has 1 amide bonds. The molecule has 37 heavy (non-hydrogen) atoms. The maximum atomic E-state index is 13.7. The largest absolute Gasteiger partial charge is 0.493 e. The van der Waals surface area contributed by atoms with E-state index in [1.165, 1.54) is 0 Å². The quantitative estimate of drug-likeness (QED) is 0.292. The number of nitrogens with zero attached hydrogens (tertiary/aromatic N) is 3. The summed E-state index contributed by atoms with van der Waals surface area (Å²) < 4.78 is 19.7. The molecule has 3 aromatic carbocycles. The molecule has 190 valence electrons. The second-order valence-electron chi connectivity index (χ2n) is 9.06. The van der Waals surface area contributed by atoms with Gasteiger partial charge in [0, 0.05) is 18.7 Å². The Kier molecular flexibility index (Phi) is 7.51. The maximum absolute atomic E-state index is 13.7. The van der Waals surface area contributed by atoms with E-state index in [9.17, 15) is 4.79 Å². The number of para-hydroxylation sites is 3. The van der Waals surface area contributed by atoms with Crippen molar-refractivity contribution in [2.45, 2.75) is 32.4 Å². The van der Waals surface area contributed by atoms with Gasteiger partial charge in [-0.05, 0) is 56.2 Å². The molecule has 0 spiro atoms. The lowest BCUT2D eigenvalue weighted by Crippen LogP contribution is -2.37. The summed E-state index contributed by atoms with van der Waals surface area (Å²) in [5.41, 5.74) is 3.12. The van der Waals surface area contributed by atoms with Crippen LogP contribution in [-0.2, 0) is 11.3 Å². The number of hydrogen-bond acceptors (Lipinski definition) is 5. The first-order valence-corrected chi connectivity index (χ1v) is 12.5. The zero-order valence-corrected chi connectivity index (χ0v) is 21.2. The van der Waals surface area contributed by atoms with E-state index in [1.54, 1.807) is 11.8 Å². The van der Waals surface area contributed by atoms with E-state index in [4.69, 9.17) is 19.3 Å². The third-order valence-corrected chi connectivity index (χ3v) is 6.52.